The molecule has 0 bridgehead atoms. The molecule has 0 atom stereocenters. The van der Waals surface area contributed by atoms with E-state index in [0.717, 1.165) is 22.2 Å². The van der Waals surface area contributed by atoms with Crippen LogP contribution in [0.1, 0.15) is 11.3 Å². The van der Waals surface area contributed by atoms with Gasteiger partial charge in [0.1, 0.15) is 0 Å². The number of rotatable bonds is 0. The summed E-state index contributed by atoms with van der Waals surface area (Å²) >= 11 is 0. The van der Waals surface area contributed by atoms with Crippen molar-refractivity contribution in [1.29, 1.82) is 10.5 Å². The van der Waals surface area contributed by atoms with E-state index >= 15 is 0 Å². The molecule has 0 radical (unpaired) electrons. The van der Waals surface area contributed by atoms with Gasteiger partial charge in [0.2, 0.25) is 0 Å². The highest BCUT2D eigenvalue weighted by Crippen LogP contribution is 2.35. The van der Waals surface area contributed by atoms with E-state index < -0.39 is 5.41 Å². The van der Waals surface area contributed by atoms with Gasteiger partial charge in [0.25, 0.3) is 0 Å². The molecule has 3 heteroatoms. The SMILES string of the molecule is N#CC1(C#N)C=Cc2[nH]c3ccccc3c2C1. The van der Waals surface area contributed by atoms with E-state index in [1.165, 1.54) is 0 Å². The number of nitriles is 2. The van der Waals surface area contributed by atoms with Crippen molar-refractivity contribution in [1.82, 2.24) is 4.98 Å². The van der Waals surface area contributed by atoms with Gasteiger partial charge in [0.05, 0.1) is 12.1 Å². The number of nitrogens with one attached hydrogen (secondary N) is 1. The molecule has 1 heterocycles. The highest BCUT2D eigenvalue weighted by molar-refractivity contribution is 5.88. The van der Waals surface area contributed by atoms with Crippen LogP contribution in [0.25, 0.3) is 17.0 Å². The zero-order valence-corrected chi connectivity index (χ0v) is 9.07. The molecule has 1 N–H and O–H groups in total. The first-order valence-electron chi connectivity index (χ1n) is 5.39. The van der Waals surface area contributed by atoms with Gasteiger partial charge < -0.3 is 4.98 Å². The van der Waals surface area contributed by atoms with E-state index in [9.17, 15) is 0 Å². The van der Waals surface area contributed by atoms with Crippen molar-refractivity contribution >= 4 is 17.0 Å². The van der Waals surface area contributed by atoms with Crippen molar-refractivity contribution in [3.05, 3.63) is 41.6 Å². The van der Waals surface area contributed by atoms with Crippen LogP contribution in [0.3, 0.4) is 0 Å². The fraction of sp³-hybridized carbons (Fsp3) is 0.143. The lowest BCUT2D eigenvalue weighted by Crippen LogP contribution is -2.19. The minimum atomic E-state index is -1.02. The van der Waals surface area contributed by atoms with Crippen molar-refractivity contribution in [2.24, 2.45) is 5.41 Å². The summed E-state index contributed by atoms with van der Waals surface area (Å²) in [6.07, 6.45) is 3.98. The Kier molecular flexibility index (Phi) is 1.84. The molecule has 3 nitrogen and oxygen atoms in total. The summed E-state index contributed by atoms with van der Waals surface area (Å²) in [5.41, 5.74) is 2.10. The van der Waals surface area contributed by atoms with Gasteiger partial charge in [-0.2, -0.15) is 10.5 Å². The van der Waals surface area contributed by atoms with Crippen LogP contribution in [-0.4, -0.2) is 4.98 Å². The van der Waals surface area contributed by atoms with Crippen LogP contribution in [0.5, 0.6) is 0 Å². The van der Waals surface area contributed by atoms with Crippen LogP contribution >= 0.6 is 0 Å². The lowest BCUT2D eigenvalue weighted by Gasteiger charge is -2.18. The molecule has 17 heavy (non-hydrogen) atoms. The van der Waals surface area contributed by atoms with E-state index in [0.29, 0.717) is 6.42 Å². The number of aromatic amines is 1. The number of hydrogen-bond donors (Lipinski definition) is 1. The average molecular weight is 219 g/mol. The van der Waals surface area contributed by atoms with Crippen LogP contribution in [-0.2, 0) is 6.42 Å². The molecule has 1 aromatic carbocycles. The van der Waals surface area contributed by atoms with Crippen molar-refractivity contribution in [2.75, 3.05) is 0 Å². The summed E-state index contributed by atoms with van der Waals surface area (Å²) in [5, 5.41) is 19.4. The number of H-pyrrole nitrogens is 1. The third kappa shape index (κ3) is 1.26. The largest absolute Gasteiger partial charge is 0.355 e. The molecule has 0 fully saturated rings. The first-order valence-corrected chi connectivity index (χ1v) is 5.39. The van der Waals surface area contributed by atoms with Gasteiger partial charge in [-0.15, -0.1) is 0 Å². The summed E-state index contributed by atoms with van der Waals surface area (Å²) < 4.78 is 0. The lowest BCUT2D eigenvalue weighted by molar-refractivity contribution is 0.654. The highest BCUT2D eigenvalue weighted by atomic mass is 14.7. The second-order valence-corrected chi connectivity index (χ2v) is 4.27. The summed E-state index contributed by atoms with van der Waals surface area (Å²) in [6.45, 7) is 0. The molecule has 0 amide bonds. The Bertz CT molecular complexity index is 693. The number of aromatic nitrogens is 1. The van der Waals surface area contributed by atoms with Crippen molar-refractivity contribution in [2.45, 2.75) is 6.42 Å². The van der Waals surface area contributed by atoms with E-state index in [2.05, 4.69) is 17.1 Å². The van der Waals surface area contributed by atoms with E-state index in [4.69, 9.17) is 10.5 Å². The standard InChI is InChI=1S/C14H9N3/c15-8-14(9-16)6-5-13-11(7-14)10-3-1-2-4-12(10)17-13/h1-6,17H,7H2. The highest BCUT2D eigenvalue weighted by Gasteiger charge is 2.32. The van der Waals surface area contributed by atoms with E-state index in [1.54, 1.807) is 6.08 Å². The van der Waals surface area contributed by atoms with Crippen LogP contribution in [0.15, 0.2) is 30.3 Å². The molecular weight excluding hydrogens is 210 g/mol. The smallest absolute Gasteiger partial charge is 0.166 e. The normalized spacial score (nSPS) is 16.1. The third-order valence-corrected chi connectivity index (χ3v) is 3.24. The Morgan fingerprint density at radius 3 is 2.71 bits per heavy atom. The maximum Gasteiger partial charge on any atom is 0.166 e. The molecule has 3 rings (SSSR count). The number of fused-ring (bicyclic) bond motifs is 3. The average Bonchev–Trinajstić information content (AvgIpc) is 2.76. The topological polar surface area (TPSA) is 63.4 Å². The molecule has 0 aliphatic heterocycles. The number of para-hydroxylation sites is 1. The molecule has 0 unspecified atom stereocenters. The van der Waals surface area contributed by atoms with Crippen LogP contribution in [0.4, 0.5) is 0 Å². The predicted octanol–water partition coefficient (Wildman–Crippen LogP) is 2.77. The monoisotopic (exact) mass is 219 g/mol. The van der Waals surface area contributed by atoms with Crippen LogP contribution in [0.2, 0.25) is 0 Å². The molecule has 0 saturated carbocycles. The van der Waals surface area contributed by atoms with Gasteiger partial charge in [0, 0.05) is 23.0 Å². The van der Waals surface area contributed by atoms with Crippen LogP contribution < -0.4 is 0 Å². The minimum Gasteiger partial charge on any atom is -0.355 e. The molecule has 2 aromatic rings. The lowest BCUT2D eigenvalue weighted by atomic mass is 9.80. The molecule has 0 saturated heterocycles. The van der Waals surface area contributed by atoms with Gasteiger partial charge in [0.15, 0.2) is 5.41 Å². The summed E-state index contributed by atoms with van der Waals surface area (Å²) in [7, 11) is 0. The quantitative estimate of drug-likeness (QED) is 0.740. The first kappa shape index (κ1) is 9.69. The van der Waals surface area contributed by atoms with Gasteiger partial charge in [-0.3, -0.25) is 0 Å². The van der Waals surface area contributed by atoms with Crippen molar-refractivity contribution in [3.8, 4) is 12.1 Å². The summed E-state index contributed by atoms with van der Waals surface area (Å²) in [6, 6.07) is 12.2. The Morgan fingerprint density at radius 2 is 1.94 bits per heavy atom. The maximum atomic E-state index is 9.14. The van der Waals surface area contributed by atoms with Gasteiger partial charge >= 0.3 is 0 Å². The fourth-order valence-corrected chi connectivity index (χ4v) is 2.30. The van der Waals surface area contributed by atoms with Crippen molar-refractivity contribution < 1.29 is 0 Å². The predicted molar refractivity (Wildman–Crippen MR) is 64.7 cm³/mol. The number of allylic oxidation sites excluding steroid dienone is 1. The number of benzene rings is 1. The first-order chi connectivity index (χ1) is 8.28. The summed E-state index contributed by atoms with van der Waals surface area (Å²) in [5.74, 6) is 0. The maximum absolute atomic E-state index is 9.14. The van der Waals surface area contributed by atoms with Gasteiger partial charge in [-0.25, -0.2) is 0 Å². The van der Waals surface area contributed by atoms with E-state index in [-0.39, 0.29) is 0 Å². The van der Waals surface area contributed by atoms with Gasteiger partial charge in [-0.05, 0) is 23.8 Å². The molecule has 1 aliphatic rings. The zero-order valence-electron chi connectivity index (χ0n) is 9.07. The molecule has 0 spiro atoms. The molecule has 80 valence electrons. The second kappa shape index (κ2) is 3.23. The van der Waals surface area contributed by atoms with E-state index in [1.807, 2.05) is 30.3 Å². The molecule has 1 aliphatic carbocycles. The molecular formula is C14H9N3. The Hall–Kier alpha value is -2.52. The third-order valence-electron chi connectivity index (χ3n) is 3.24. The fourth-order valence-electron chi connectivity index (χ4n) is 2.30. The minimum absolute atomic E-state index is 0.454. The van der Waals surface area contributed by atoms with Crippen molar-refractivity contribution in [3.63, 3.8) is 0 Å². The van der Waals surface area contributed by atoms with Gasteiger partial charge in [-0.1, -0.05) is 18.2 Å². The zero-order chi connectivity index (χ0) is 11.9. The van der Waals surface area contributed by atoms with Crippen LogP contribution in [0, 0.1) is 28.1 Å². The Labute approximate surface area is 98.6 Å². The molecule has 1 aromatic heterocycles. The second-order valence-electron chi connectivity index (χ2n) is 4.27. The number of hydrogen-bond acceptors (Lipinski definition) is 2. The Morgan fingerprint density at radius 1 is 1.18 bits per heavy atom. The Balaban J connectivity index is 2.26. The number of nitrogens with zero attached hydrogens (tertiary/aromatic N) is 2. The summed E-state index contributed by atoms with van der Waals surface area (Å²) in [4.78, 5) is 3.30.